The Hall–Kier alpha value is -3.57. The van der Waals surface area contributed by atoms with Crippen molar-refractivity contribution in [3.05, 3.63) is 59.9 Å². The van der Waals surface area contributed by atoms with Crippen LogP contribution in [0.1, 0.15) is 5.56 Å². The lowest BCUT2D eigenvalue weighted by Crippen LogP contribution is -2.50. The normalized spacial score (nSPS) is 16.1. The molecule has 6 heterocycles. The molecule has 10 nitrogen and oxygen atoms in total. The highest BCUT2D eigenvalue weighted by Crippen LogP contribution is 2.31. The van der Waals surface area contributed by atoms with Crippen LogP contribution in [0.2, 0.25) is 5.02 Å². The fourth-order valence-electron chi connectivity index (χ4n) is 5.16. The third-order valence-corrected chi connectivity index (χ3v) is 8.42. The Bertz CT molecular complexity index is 1440. The second-order valence-electron chi connectivity index (χ2n) is 9.63. The third-order valence-electron chi connectivity index (χ3n) is 7.20. The monoisotopic (exact) mass is 563 g/mol. The Kier molecular flexibility index (Phi) is 7.43. The van der Waals surface area contributed by atoms with Gasteiger partial charge in [0.1, 0.15) is 17.3 Å². The van der Waals surface area contributed by atoms with Gasteiger partial charge in [0.2, 0.25) is 5.91 Å². The number of fused-ring (bicyclic) bond motifs is 1. The molecule has 202 valence electrons. The quantitative estimate of drug-likeness (QED) is 0.378. The Labute approximate surface area is 236 Å². The molecule has 2 fully saturated rings. The zero-order valence-electron chi connectivity index (χ0n) is 21.8. The highest BCUT2D eigenvalue weighted by molar-refractivity contribution is 7.99. The van der Waals surface area contributed by atoms with Crippen molar-refractivity contribution in [2.45, 2.75) is 6.92 Å². The van der Waals surface area contributed by atoms with Gasteiger partial charge in [0, 0.05) is 87.3 Å². The van der Waals surface area contributed by atoms with Crippen molar-refractivity contribution in [1.29, 1.82) is 0 Å². The van der Waals surface area contributed by atoms with Crippen LogP contribution >= 0.6 is 23.4 Å². The van der Waals surface area contributed by atoms with Crippen LogP contribution in [-0.2, 0) is 4.79 Å². The third kappa shape index (κ3) is 5.33. The summed E-state index contributed by atoms with van der Waals surface area (Å²) in [5.41, 5.74) is 4.38. The molecule has 0 unspecified atom stereocenters. The van der Waals surface area contributed by atoms with Crippen molar-refractivity contribution in [3.63, 3.8) is 0 Å². The SMILES string of the molecule is Cc1cncc(Cl)c1N1CCN(C(=O)CNc2c(-c3ccc(N4CCSCC4)nc3)nc3cnccn23)CC1. The molecule has 2 aliphatic rings. The van der Waals surface area contributed by atoms with E-state index in [4.69, 9.17) is 21.6 Å². The molecule has 0 spiro atoms. The summed E-state index contributed by atoms with van der Waals surface area (Å²) in [5, 5.41) is 4.01. The minimum atomic E-state index is 0.0404. The van der Waals surface area contributed by atoms with E-state index in [9.17, 15) is 4.79 Å². The van der Waals surface area contributed by atoms with Crippen LogP contribution in [-0.4, -0.2) is 92.5 Å². The van der Waals surface area contributed by atoms with Crippen molar-refractivity contribution in [2.24, 2.45) is 0 Å². The summed E-state index contributed by atoms with van der Waals surface area (Å²) in [6.45, 7) is 6.88. The number of aromatic nitrogens is 5. The molecule has 2 saturated heterocycles. The van der Waals surface area contributed by atoms with Gasteiger partial charge in [-0.1, -0.05) is 11.6 Å². The summed E-state index contributed by atoms with van der Waals surface area (Å²) in [4.78, 5) is 37.6. The van der Waals surface area contributed by atoms with E-state index in [1.807, 2.05) is 46.6 Å². The summed E-state index contributed by atoms with van der Waals surface area (Å²) in [6, 6.07) is 4.11. The molecule has 0 aliphatic carbocycles. The lowest BCUT2D eigenvalue weighted by Gasteiger charge is -2.37. The Morgan fingerprint density at radius 1 is 1.00 bits per heavy atom. The molecule has 12 heteroatoms. The van der Waals surface area contributed by atoms with Crippen molar-refractivity contribution in [2.75, 3.05) is 72.4 Å². The maximum atomic E-state index is 13.2. The molecule has 1 amide bonds. The number of pyridine rings is 2. The van der Waals surface area contributed by atoms with Crippen LogP contribution in [0.25, 0.3) is 16.9 Å². The first-order valence-corrected chi connectivity index (χ1v) is 14.6. The molecule has 0 bridgehead atoms. The van der Waals surface area contributed by atoms with E-state index in [-0.39, 0.29) is 12.5 Å². The summed E-state index contributed by atoms with van der Waals surface area (Å²) in [5.74, 6) is 4.02. The number of thioether (sulfide) groups is 1. The number of imidazole rings is 1. The zero-order valence-corrected chi connectivity index (χ0v) is 23.3. The average Bonchev–Trinajstić information content (AvgIpc) is 3.35. The summed E-state index contributed by atoms with van der Waals surface area (Å²) >= 11 is 8.39. The molecule has 4 aromatic heterocycles. The maximum absolute atomic E-state index is 13.2. The number of carbonyl (C=O) groups excluding carboxylic acids is 1. The van der Waals surface area contributed by atoms with E-state index in [1.165, 1.54) is 0 Å². The zero-order chi connectivity index (χ0) is 26.8. The van der Waals surface area contributed by atoms with Crippen LogP contribution in [0.15, 0.2) is 49.3 Å². The Morgan fingerprint density at radius 3 is 2.56 bits per heavy atom. The molecule has 0 radical (unpaired) electrons. The van der Waals surface area contributed by atoms with E-state index in [0.717, 1.165) is 71.8 Å². The number of amides is 1. The molecule has 4 aromatic rings. The average molecular weight is 564 g/mol. The minimum absolute atomic E-state index is 0.0404. The first-order valence-electron chi connectivity index (χ1n) is 13.1. The first kappa shape index (κ1) is 25.7. The van der Waals surface area contributed by atoms with Gasteiger partial charge in [-0.3, -0.25) is 19.2 Å². The number of aryl methyl sites for hydroxylation is 1. The van der Waals surface area contributed by atoms with Crippen molar-refractivity contribution >= 4 is 52.2 Å². The predicted molar refractivity (Wildman–Crippen MR) is 157 cm³/mol. The highest BCUT2D eigenvalue weighted by atomic mass is 35.5. The van der Waals surface area contributed by atoms with E-state index in [1.54, 1.807) is 18.6 Å². The van der Waals surface area contributed by atoms with E-state index < -0.39 is 0 Å². The fourth-order valence-corrected chi connectivity index (χ4v) is 6.39. The summed E-state index contributed by atoms with van der Waals surface area (Å²) in [7, 11) is 0. The van der Waals surface area contributed by atoms with Gasteiger partial charge in [-0.15, -0.1) is 0 Å². The van der Waals surface area contributed by atoms with Crippen LogP contribution in [0, 0.1) is 6.92 Å². The number of halogens is 1. The van der Waals surface area contributed by atoms with Gasteiger partial charge in [-0.2, -0.15) is 11.8 Å². The summed E-state index contributed by atoms with van der Waals surface area (Å²) < 4.78 is 1.93. The van der Waals surface area contributed by atoms with E-state index >= 15 is 0 Å². The Morgan fingerprint density at radius 2 is 1.82 bits per heavy atom. The molecule has 0 atom stereocenters. The van der Waals surface area contributed by atoms with Gasteiger partial charge in [0.25, 0.3) is 0 Å². The van der Waals surface area contributed by atoms with E-state index in [2.05, 4.69) is 37.2 Å². The van der Waals surface area contributed by atoms with Crippen LogP contribution in [0.5, 0.6) is 0 Å². The molecule has 6 rings (SSSR count). The number of anilines is 3. The smallest absolute Gasteiger partial charge is 0.242 e. The van der Waals surface area contributed by atoms with Gasteiger partial charge in [-0.25, -0.2) is 9.97 Å². The lowest BCUT2D eigenvalue weighted by molar-refractivity contribution is -0.129. The molecule has 39 heavy (non-hydrogen) atoms. The molecule has 2 aliphatic heterocycles. The second kappa shape index (κ2) is 11.3. The number of hydrogen-bond acceptors (Lipinski definition) is 9. The lowest BCUT2D eigenvalue weighted by atomic mass is 10.2. The number of hydrogen-bond donors (Lipinski definition) is 1. The standard InChI is InChI=1S/C27H30ClN9OS/c1-19-14-30-16-21(28)26(19)36-8-6-35(7-9-36)24(38)18-32-27-25(33-23-17-29-4-5-37(23)27)20-2-3-22(31-15-20)34-10-12-39-13-11-34/h2-5,14-17,32H,6-13,18H2,1H3. The topological polar surface area (TPSA) is 94.8 Å². The molecular weight excluding hydrogens is 534 g/mol. The number of nitrogens with one attached hydrogen (secondary N) is 1. The first-order chi connectivity index (χ1) is 19.1. The van der Waals surface area contributed by atoms with Crippen LogP contribution in [0.4, 0.5) is 17.3 Å². The van der Waals surface area contributed by atoms with Crippen LogP contribution < -0.4 is 15.1 Å². The molecular formula is C27H30ClN9OS. The van der Waals surface area contributed by atoms with Gasteiger partial charge in [0.05, 0.1) is 23.5 Å². The Balaban J connectivity index is 1.15. The maximum Gasteiger partial charge on any atom is 0.242 e. The molecule has 1 N–H and O–H groups in total. The number of carbonyl (C=O) groups is 1. The van der Waals surface area contributed by atoms with Gasteiger partial charge >= 0.3 is 0 Å². The van der Waals surface area contributed by atoms with Crippen molar-refractivity contribution in [1.82, 2.24) is 29.2 Å². The van der Waals surface area contributed by atoms with Crippen molar-refractivity contribution < 1.29 is 4.79 Å². The highest BCUT2D eigenvalue weighted by Gasteiger charge is 2.24. The van der Waals surface area contributed by atoms with Gasteiger partial charge < -0.3 is 20.0 Å². The van der Waals surface area contributed by atoms with Crippen molar-refractivity contribution in [3.8, 4) is 11.3 Å². The number of rotatable bonds is 6. The van der Waals surface area contributed by atoms with Gasteiger partial charge in [0.15, 0.2) is 5.65 Å². The molecule has 0 aromatic carbocycles. The minimum Gasteiger partial charge on any atom is -0.366 e. The number of nitrogens with zero attached hydrogens (tertiary/aromatic N) is 8. The van der Waals surface area contributed by atoms with Gasteiger partial charge in [-0.05, 0) is 24.6 Å². The summed E-state index contributed by atoms with van der Waals surface area (Å²) in [6.07, 6.45) is 10.6. The van der Waals surface area contributed by atoms with Crippen LogP contribution in [0.3, 0.4) is 0 Å². The number of piperazine rings is 1. The predicted octanol–water partition coefficient (Wildman–Crippen LogP) is 3.46. The molecule has 0 saturated carbocycles. The van der Waals surface area contributed by atoms with E-state index in [0.29, 0.717) is 23.8 Å². The second-order valence-corrected chi connectivity index (χ2v) is 11.3. The fraction of sp³-hybridized carbons (Fsp3) is 0.370. The largest absolute Gasteiger partial charge is 0.366 e.